The highest BCUT2D eigenvalue weighted by Gasteiger charge is 2.56. The predicted molar refractivity (Wildman–Crippen MR) is 37.4 cm³/mol. The van der Waals surface area contributed by atoms with Crippen molar-refractivity contribution >= 4 is 5.91 Å². The Bertz CT molecular complexity index is 159. The molecule has 3 nitrogen and oxygen atoms in total. The molecule has 1 saturated heterocycles. The number of hydrogen-bond donors (Lipinski definition) is 2. The van der Waals surface area contributed by atoms with Gasteiger partial charge in [-0.1, -0.05) is 0 Å². The molecule has 3 atom stereocenters. The average Bonchev–Trinajstić information content (AvgIpc) is 2.43. The highest BCUT2D eigenvalue weighted by molar-refractivity contribution is 5.82. The number of carbonyl (C=O) groups is 1. The second-order valence-electron chi connectivity index (χ2n) is 3.13. The van der Waals surface area contributed by atoms with Crippen LogP contribution in [-0.4, -0.2) is 26.0 Å². The van der Waals surface area contributed by atoms with E-state index in [0.29, 0.717) is 17.8 Å². The Morgan fingerprint density at radius 2 is 2.10 bits per heavy atom. The fourth-order valence-electron chi connectivity index (χ4n) is 1.97. The molecule has 56 valence electrons. The van der Waals surface area contributed by atoms with Crippen molar-refractivity contribution in [3.05, 3.63) is 0 Å². The first-order valence-electron chi connectivity index (χ1n) is 3.77. The average molecular weight is 140 g/mol. The maximum Gasteiger partial charge on any atom is 0.223 e. The number of carbonyl (C=O) groups excluding carboxylic acids is 1. The van der Waals surface area contributed by atoms with Crippen LogP contribution in [0.3, 0.4) is 0 Å². The molecule has 0 aromatic heterocycles. The van der Waals surface area contributed by atoms with Crippen LogP contribution in [0.1, 0.15) is 0 Å². The first kappa shape index (κ1) is 6.16. The van der Waals surface area contributed by atoms with Crippen molar-refractivity contribution in [2.75, 3.05) is 20.1 Å². The Morgan fingerprint density at radius 3 is 2.60 bits per heavy atom. The zero-order valence-corrected chi connectivity index (χ0v) is 6.05. The number of amides is 1. The first-order chi connectivity index (χ1) is 4.84. The predicted octanol–water partition coefficient (Wildman–Crippen LogP) is -0.802. The van der Waals surface area contributed by atoms with E-state index in [1.54, 1.807) is 7.05 Å². The molecule has 2 unspecified atom stereocenters. The van der Waals surface area contributed by atoms with Gasteiger partial charge in [-0.05, 0) is 24.9 Å². The highest BCUT2D eigenvalue weighted by Crippen LogP contribution is 2.48. The summed E-state index contributed by atoms with van der Waals surface area (Å²) in [7, 11) is 1.71. The van der Waals surface area contributed by atoms with Crippen molar-refractivity contribution < 1.29 is 4.79 Å². The molecule has 0 bridgehead atoms. The van der Waals surface area contributed by atoms with Crippen LogP contribution in [0.5, 0.6) is 0 Å². The lowest BCUT2D eigenvalue weighted by molar-refractivity contribution is -0.122. The van der Waals surface area contributed by atoms with E-state index >= 15 is 0 Å². The summed E-state index contributed by atoms with van der Waals surface area (Å²) in [4.78, 5) is 11.0. The smallest absolute Gasteiger partial charge is 0.223 e. The van der Waals surface area contributed by atoms with Gasteiger partial charge in [-0.15, -0.1) is 0 Å². The second-order valence-corrected chi connectivity index (χ2v) is 3.13. The minimum absolute atomic E-state index is 0.233. The van der Waals surface area contributed by atoms with Crippen LogP contribution in [0, 0.1) is 17.8 Å². The molecule has 2 N–H and O–H groups in total. The van der Waals surface area contributed by atoms with E-state index in [0.717, 1.165) is 13.1 Å². The number of piperidine rings is 1. The third-order valence-corrected chi connectivity index (χ3v) is 2.64. The number of fused-ring (bicyclic) bond motifs is 1. The summed E-state index contributed by atoms with van der Waals surface area (Å²) >= 11 is 0. The molecule has 2 fully saturated rings. The maximum absolute atomic E-state index is 11.0. The topological polar surface area (TPSA) is 41.1 Å². The Balaban J connectivity index is 1.94. The summed E-state index contributed by atoms with van der Waals surface area (Å²) in [5, 5.41) is 5.94. The van der Waals surface area contributed by atoms with Crippen molar-refractivity contribution in [3.8, 4) is 0 Å². The van der Waals surface area contributed by atoms with Crippen molar-refractivity contribution in [1.29, 1.82) is 0 Å². The van der Waals surface area contributed by atoms with Crippen LogP contribution < -0.4 is 10.6 Å². The van der Waals surface area contributed by atoms with Crippen molar-refractivity contribution in [3.63, 3.8) is 0 Å². The Morgan fingerprint density at radius 1 is 1.50 bits per heavy atom. The van der Waals surface area contributed by atoms with E-state index in [1.165, 1.54) is 0 Å². The van der Waals surface area contributed by atoms with Gasteiger partial charge in [0.25, 0.3) is 0 Å². The molecule has 2 aliphatic rings. The molecular weight excluding hydrogens is 128 g/mol. The van der Waals surface area contributed by atoms with E-state index in [-0.39, 0.29) is 5.91 Å². The van der Waals surface area contributed by atoms with E-state index in [2.05, 4.69) is 10.6 Å². The van der Waals surface area contributed by atoms with Gasteiger partial charge in [0.05, 0.1) is 0 Å². The van der Waals surface area contributed by atoms with E-state index in [4.69, 9.17) is 0 Å². The molecular formula is C7H12N2O. The molecule has 1 heterocycles. The van der Waals surface area contributed by atoms with Gasteiger partial charge in [0, 0.05) is 13.0 Å². The first-order valence-corrected chi connectivity index (χ1v) is 3.77. The van der Waals surface area contributed by atoms with Gasteiger partial charge in [-0.25, -0.2) is 0 Å². The summed E-state index contributed by atoms with van der Waals surface area (Å²) in [6.45, 7) is 2.09. The molecule has 0 spiro atoms. The van der Waals surface area contributed by atoms with Gasteiger partial charge < -0.3 is 10.6 Å². The van der Waals surface area contributed by atoms with Gasteiger partial charge >= 0.3 is 0 Å². The molecule has 1 aliphatic heterocycles. The van der Waals surface area contributed by atoms with Gasteiger partial charge in [-0.2, -0.15) is 0 Å². The van der Waals surface area contributed by atoms with Crippen LogP contribution in [-0.2, 0) is 4.79 Å². The number of hydrogen-bond acceptors (Lipinski definition) is 2. The third kappa shape index (κ3) is 0.669. The highest BCUT2D eigenvalue weighted by atomic mass is 16.2. The number of nitrogens with one attached hydrogen (secondary N) is 2. The van der Waals surface area contributed by atoms with Crippen molar-refractivity contribution in [1.82, 2.24) is 10.6 Å². The quantitative estimate of drug-likeness (QED) is 0.500. The summed E-state index contributed by atoms with van der Waals surface area (Å²) in [6, 6.07) is 0. The van der Waals surface area contributed by atoms with Gasteiger partial charge in [0.2, 0.25) is 5.91 Å². The molecule has 0 radical (unpaired) electrons. The molecule has 0 aromatic carbocycles. The lowest BCUT2D eigenvalue weighted by atomic mass is 10.3. The fraction of sp³-hybridized carbons (Fsp3) is 0.857. The zero-order chi connectivity index (χ0) is 7.14. The number of rotatable bonds is 1. The summed E-state index contributed by atoms with van der Waals surface area (Å²) in [5.74, 6) is 1.88. The van der Waals surface area contributed by atoms with Crippen LogP contribution in [0.4, 0.5) is 0 Å². The molecule has 1 saturated carbocycles. The zero-order valence-electron chi connectivity index (χ0n) is 6.05. The van der Waals surface area contributed by atoms with Crippen LogP contribution in [0.15, 0.2) is 0 Å². The standard InChI is InChI=1S/C7H12N2O/c1-8-7(10)6-4-2-9-3-5(4)6/h4-6,9H,2-3H2,1H3,(H,8,10)/t4-,5?,6?/m1/s1. The van der Waals surface area contributed by atoms with Crippen LogP contribution in [0.25, 0.3) is 0 Å². The minimum atomic E-state index is 0.233. The monoisotopic (exact) mass is 140 g/mol. The largest absolute Gasteiger partial charge is 0.359 e. The summed E-state index contributed by atoms with van der Waals surface area (Å²) in [6.07, 6.45) is 0. The SMILES string of the molecule is CNC(=O)C1C2CNC[C@H]21. The van der Waals surface area contributed by atoms with E-state index in [9.17, 15) is 4.79 Å². The Labute approximate surface area is 60.2 Å². The molecule has 10 heavy (non-hydrogen) atoms. The lowest BCUT2D eigenvalue weighted by Crippen LogP contribution is -2.26. The van der Waals surface area contributed by atoms with Crippen molar-refractivity contribution in [2.45, 2.75) is 0 Å². The van der Waals surface area contributed by atoms with E-state index in [1.807, 2.05) is 0 Å². The maximum atomic E-state index is 11.0. The Hall–Kier alpha value is -0.570. The van der Waals surface area contributed by atoms with E-state index < -0.39 is 0 Å². The second kappa shape index (κ2) is 1.95. The molecule has 0 aromatic rings. The summed E-state index contributed by atoms with van der Waals surface area (Å²) < 4.78 is 0. The van der Waals surface area contributed by atoms with Crippen LogP contribution in [0.2, 0.25) is 0 Å². The Kier molecular flexibility index (Phi) is 1.20. The third-order valence-electron chi connectivity index (χ3n) is 2.64. The molecule has 1 amide bonds. The van der Waals surface area contributed by atoms with Gasteiger partial charge in [0.1, 0.15) is 0 Å². The molecule has 1 aliphatic carbocycles. The summed E-state index contributed by atoms with van der Waals surface area (Å²) in [5.41, 5.74) is 0. The van der Waals surface area contributed by atoms with Crippen LogP contribution >= 0.6 is 0 Å². The minimum Gasteiger partial charge on any atom is -0.359 e. The lowest BCUT2D eigenvalue weighted by Gasteiger charge is -2.01. The molecule has 3 heteroatoms. The molecule has 2 rings (SSSR count). The fourth-order valence-corrected chi connectivity index (χ4v) is 1.97. The van der Waals surface area contributed by atoms with Gasteiger partial charge in [-0.3, -0.25) is 4.79 Å². The van der Waals surface area contributed by atoms with Gasteiger partial charge in [0.15, 0.2) is 0 Å². The normalized spacial score (nSPS) is 42.7. The van der Waals surface area contributed by atoms with Crippen molar-refractivity contribution in [2.24, 2.45) is 17.8 Å².